The van der Waals surface area contributed by atoms with Crippen molar-refractivity contribution in [3.63, 3.8) is 0 Å². The third kappa shape index (κ3) is 3.79. The van der Waals surface area contributed by atoms with Crippen LogP contribution in [0.25, 0.3) is 0 Å². The second-order valence-corrected chi connectivity index (χ2v) is 5.59. The quantitative estimate of drug-likeness (QED) is 0.867. The Morgan fingerprint density at radius 1 is 1.30 bits per heavy atom. The fourth-order valence-corrected chi connectivity index (χ4v) is 2.01. The predicted molar refractivity (Wildman–Crippen MR) is 74.5 cm³/mol. The molecule has 2 atom stereocenters. The van der Waals surface area contributed by atoms with Crippen molar-refractivity contribution in [2.75, 3.05) is 11.9 Å². The fraction of sp³-hybridized carbons (Fsp3) is 0.467. The zero-order chi connectivity index (χ0) is 14.7. The lowest BCUT2D eigenvalue weighted by Gasteiger charge is -2.07. The van der Waals surface area contributed by atoms with Crippen LogP contribution in [0, 0.1) is 23.6 Å². The zero-order valence-corrected chi connectivity index (χ0v) is 11.7. The standard InChI is InChI=1S/C15H19FN2O2/c1-9(2)8-17-14(19)12-7-13(12)15(20)18-11-5-3-4-10(16)6-11/h3-6,9,12-13H,7-8H2,1-2H3,(H,17,19)(H,18,20). The summed E-state index contributed by atoms with van der Waals surface area (Å²) < 4.78 is 13.0. The number of amides is 2. The van der Waals surface area contributed by atoms with Gasteiger partial charge in [0.25, 0.3) is 0 Å². The van der Waals surface area contributed by atoms with Gasteiger partial charge in [-0.2, -0.15) is 0 Å². The van der Waals surface area contributed by atoms with Crippen LogP contribution in [0.4, 0.5) is 10.1 Å². The lowest BCUT2D eigenvalue weighted by atomic mass is 10.2. The highest BCUT2D eigenvalue weighted by atomic mass is 19.1. The number of rotatable bonds is 5. The van der Waals surface area contributed by atoms with Crippen LogP contribution < -0.4 is 10.6 Å². The van der Waals surface area contributed by atoms with Gasteiger partial charge in [0.15, 0.2) is 0 Å². The molecular formula is C15H19FN2O2. The molecule has 1 aliphatic rings. The maximum Gasteiger partial charge on any atom is 0.228 e. The van der Waals surface area contributed by atoms with Crippen molar-refractivity contribution in [1.82, 2.24) is 5.32 Å². The summed E-state index contributed by atoms with van der Waals surface area (Å²) in [4.78, 5) is 23.7. The van der Waals surface area contributed by atoms with Crippen LogP contribution in [0.5, 0.6) is 0 Å². The number of carbonyl (C=O) groups is 2. The third-order valence-corrected chi connectivity index (χ3v) is 3.24. The highest BCUT2D eigenvalue weighted by molar-refractivity contribution is 5.99. The van der Waals surface area contributed by atoms with Crippen molar-refractivity contribution in [3.05, 3.63) is 30.1 Å². The summed E-state index contributed by atoms with van der Waals surface area (Å²) in [6, 6.07) is 5.73. The minimum Gasteiger partial charge on any atom is -0.356 e. The first-order valence-corrected chi connectivity index (χ1v) is 6.81. The SMILES string of the molecule is CC(C)CNC(=O)C1CC1C(=O)Nc1cccc(F)c1. The Morgan fingerprint density at radius 3 is 2.65 bits per heavy atom. The summed E-state index contributed by atoms with van der Waals surface area (Å²) in [6.45, 7) is 4.65. The van der Waals surface area contributed by atoms with E-state index in [9.17, 15) is 14.0 Å². The van der Waals surface area contributed by atoms with E-state index in [4.69, 9.17) is 0 Å². The lowest BCUT2D eigenvalue weighted by Crippen LogP contribution is -2.30. The molecular weight excluding hydrogens is 259 g/mol. The van der Waals surface area contributed by atoms with Gasteiger partial charge in [0.2, 0.25) is 11.8 Å². The topological polar surface area (TPSA) is 58.2 Å². The number of hydrogen-bond acceptors (Lipinski definition) is 2. The van der Waals surface area contributed by atoms with Crippen LogP contribution in [-0.2, 0) is 9.59 Å². The van der Waals surface area contributed by atoms with Gasteiger partial charge in [0.1, 0.15) is 5.82 Å². The zero-order valence-electron chi connectivity index (χ0n) is 11.7. The Labute approximate surface area is 117 Å². The van der Waals surface area contributed by atoms with E-state index in [1.807, 2.05) is 13.8 Å². The predicted octanol–water partition coefficient (Wildman–Crippen LogP) is 2.17. The smallest absolute Gasteiger partial charge is 0.228 e. The molecule has 5 heteroatoms. The number of benzene rings is 1. The molecule has 0 saturated heterocycles. The first kappa shape index (κ1) is 14.5. The molecule has 0 aromatic heterocycles. The van der Waals surface area contributed by atoms with Gasteiger partial charge >= 0.3 is 0 Å². The summed E-state index contributed by atoms with van der Waals surface area (Å²) in [5, 5.41) is 5.46. The monoisotopic (exact) mass is 278 g/mol. The molecule has 2 amide bonds. The summed E-state index contributed by atoms with van der Waals surface area (Å²) in [7, 11) is 0. The minimum atomic E-state index is -0.398. The number of nitrogens with one attached hydrogen (secondary N) is 2. The van der Waals surface area contributed by atoms with E-state index in [1.165, 1.54) is 18.2 Å². The van der Waals surface area contributed by atoms with E-state index in [2.05, 4.69) is 10.6 Å². The molecule has 0 spiro atoms. The highest BCUT2D eigenvalue weighted by Gasteiger charge is 2.47. The minimum absolute atomic E-state index is 0.0712. The Hall–Kier alpha value is -1.91. The Bertz CT molecular complexity index is 516. The van der Waals surface area contributed by atoms with Crippen LogP contribution >= 0.6 is 0 Å². The van der Waals surface area contributed by atoms with E-state index in [0.29, 0.717) is 24.6 Å². The van der Waals surface area contributed by atoms with E-state index >= 15 is 0 Å². The largest absolute Gasteiger partial charge is 0.356 e. The molecule has 0 aliphatic heterocycles. The molecule has 2 rings (SSSR count). The van der Waals surface area contributed by atoms with Gasteiger partial charge in [0, 0.05) is 12.2 Å². The van der Waals surface area contributed by atoms with Crippen molar-refractivity contribution in [2.45, 2.75) is 20.3 Å². The van der Waals surface area contributed by atoms with E-state index < -0.39 is 5.82 Å². The molecule has 108 valence electrons. The first-order chi connectivity index (χ1) is 9.47. The van der Waals surface area contributed by atoms with Crippen molar-refractivity contribution < 1.29 is 14.0 Å². The van der Waals surface area contributed by atoms with Gasteiger partial charge in [-0.25, -0.2) is 4.39 Å². The van der Waals surface area contributed by atoms with Gasteiger partial charge in [0.05, 0.1) is 11.8 Å². The highest BCUT2D eigenvalue weighted by Crippen LogP contribution is 2.39. The number of hydrogen-bond donors (Lipinski definition) is 2. The second kappa shape index (κ2) is 6.03. The Balaban J connectivity index is 1.82. The van der Waals surface area contributed by atoms with Crippen LogP contribution in [0.15, 0.2) is 24.3 Å². The number of carbonyl (C=O) groups excluding carboxylic acids is 2. The van der Waals surface area contributed by atoms with E-state index in [0.717, 1.165) is 0 Å². The van der Waals surface area contributed by atoms with Gasteiger partial charge in [-0.3, -0.25) is 9.59 Å². The molecule has 0 radical (unpaired) electrons. The molecule has 1 aromatic carbocycles. The van der Waals surface area contributed by atoms with Crippen molar-refractivity contribution >= 4 is 17.5 Å². The molecule has 20 heavy (non-hydrogen) atoms. The second-order valence-electron chi connectivity index (χ2n) is 5.59. The molecule has 2 N–H and O–H groups in total. The lowest BCUT2D eigenvalue weighted by molar-refractivity contribution is -0.125. The Kier molecular flexibility index (Phi) is 4.37. The maximum atomic E-state index is 13.0. The molecule has 1 saturated carbocycles. The summed E-state index contributed by atoms with van der Waals surface area (Å²) in [5.74, 6) is -0.853. The molecule has 2 unspecified atom stereocenters. The van der Waals surface area contributed by atoms with Gasteiger partial charge in [-0.1, -0.05) is 19.9 Å². The van der Waals surface area contributed by atoms with Gasteiger partial charge in [-0.15, -0.1) is 0 Å². The third-order valence-electron chi connectivity index (χ3n) is 3.24. The maximum absolute atomic E-state index is 13.0. The van der Waals surface area contributed by atoms with Crippen molar-refractivity contribution in [3.8, 4) is 0 Å². The Morgan fingerprint density at radius 2 is 2.00 bits per heavy atom. The molecule has 1 aromatic rings. The molecule has 1 fully saturated rings. The molecule has 0 bridgehead atoms. The normalized spacial score (nSPS) is 20.6. The molecule has 0 heterocycles. The summed E-state index contributed by atoms with van der Waals surface area (Å²) >= 11 is 0. The van der Waals surface area contributed by atoms with Crippen LogP contribution in [0.3, 0.4) is 0 Å². The fourth-order valence-electron chi connectivity index (χ4n) is 2.01. The van der Waals surface area contributed by atoms with E-state index in [1.54, 1.807) is 6.07 Å². The van der Waals surface area contributed by atoms with Gasteiger partial charge in [-0.05, 0) is 30.5 Å². The molecule has 4 nitrogen and oxygen atoms in total. The van der Waals surface area contributed by atoms with E-state index in [-0.39, 0.29) is 23.7 Å². The average Bonchev–Trinajstić information content (AvgIpc) is 3.16. The van der Waals surface area contributed by atoms with Gasteiger partial charge < -0.3 is 10.6 Å². The number of halogens is 1. The van der Waals surface area contributed by atoms with Crippen molar-refractivity contribution in [2.24, 2.45) is 17.8 Å². The van der Waals surface area contributed by atoms with Crippen LogP contribution in [-0.4, -0.2) is 18.4 Å². The number of anilines is 1. The summed E-state index contributed by atoms with van der Waals surface area (Å²) in [5.41, 5.74) is 0.420. The first-order valence-electron chi connectivity index (χ1n) is 6.81. The summed E-state index contributed by atoms with van der Waals surface area (Å²) in [6.07, 6.45) is 0.561. The molecule has 1 aliphatic carbocycles. The van der Waals surface area contributed by atoms with Crippen LogP contribution in [0.2, 0.25) is 0 Å². The average molecular weight is 278 g/mol. The van der Waals surface area contributed by atoms with Crippen molar-refractivity contribution in [1.29, 1.82) is 0 Å². The van der Waals surface area contributed by atoms with Crippen LogP contribution in [0.1, 0.15) is 20.3 Å².